The highest BCUT2D eigenvalue weighted by Crippen LogP contribution is 2.28. The molecule has 1 amide bonds. The molecule has 0 bridgehead atoms. The number of anilines is 2. The Labute approximate surface area is 123 Å². The van der Waals surface area contributed by atoms with Crippen LogP contribution in [0.25, 0.3) is 0 Å². The van der Waals surface area contributed by atoms with Crippen molar-refractivity contribution in [2.75, 3.05) is 43.9 Å². The van der Waals surface area contributed by atoms with Crippen LogP contribution in [0.5, 0.6) is 0 Å². The zero-order valence-corrected chi connectivity index (χ0v) is 13.1. The quantitative estimate of drug-likeness (QED) is 0.914. The van der Waals surface area contributed by atoms with Crippen molar-refractivity contribution in [1.29, 1.82) is 0 Å². The van der Waals surface area contributed by atoms with E-state index in [1.165, 1.54) is 11.3 Å². The molecule has 6 nitrogen and oxygen atoms in total. The molecule has 1 aliphatic rings. The van der Waals surface area contributed by atoms with Crippen molar-refractivity contribution in [2.45, 2.75) is 26.4 Å². The predicted octanol–water partition coefficient (Wildman–Crippen LogP) is 1.43. The van der Waals surface area contributed by atoms with Crippen molar-refractivity contribution in [3.63, 3.8) is 0 Å². The minimum Gasteiger partial charge on any atom is -0.382 e. The zero-order valence-electron chi connectivity index (χ0n) is 12.3. The average Bonchev–Trinajstić information content (AvgIpc) is 2.68. The Balaban J connectivity index is 2.17. The molecule has 0 spiro atoms. The van der Waals surface area contributed by atoms with Gasteiger partial charge in [0.2, 0.25) is 0 Å². The van der Waals surface area contributed by atoms with E-state index < -0.39 is 0 Å². The van der Waals surface area contributed by atoms with Gasteiger partial charge < -0.3 is 20.3 Å². The minimum atomic E-state index is -0.0342. The number of carbonyl (C=O) groups excluding carboxylic acids is 1. The Bertz CT molecular complexity index is 477. The fourth-order valence-corrected chi connectivity index (χ4v) is 3.07. The lowest BCUT2D eigenvalue weighted by Gasteiger charge is -2.21. The molecular weight excluding hydrogens is 276 g/mol. The molecule has 1 aromatic heterocycles. The smallest absolute Gasteiger partial charge is 0.267 e. The van der Waals surface area contributed by atoms with Gasteiger partial charge >= 0.3 is 0 Å². The van der Waals surface area contributed by atoms with Gasteiger partial charge in [0.1, 0.15) is 10.7 Å². The molecule has 1 saturated heterocycles. The summed E-state index contributed by atoms with van der Waals surface area (Å²) < 4.78 is 5.56. The summed E-state index contributed by atoms with van der Waals surface area (Å²) >= 11 is 1.36. The first kappa shape index (κ1) is 15.1. The molecule has 7 heteroatoms. The van der Waals surface area contributed by atoms with Crippen LogP contribution >= 0.6 is 11.3 Å². The van der Waals surface area contributed by atoms with E-state index >= 15 is 0 Å². The van der Waals surface area contributed by atoms with Crippen molar-refractivity contribution in [3.05, 3.63) is 4.88 Å². The van der Waals surface area contributed by atoms with Gasteiger partial charge in [0.25, 0.3) is 5.91 Å². The Hall–Kier alpha value is -1.34. The molecule has 0 aromatic carbocycles. The molecule has 20 heavy (non-hydrogen) atoms. The molecule has 0 aliphatic carbocycles. The molecule has 112 valence electrons. The number of amides is 1. The van der Waals surface area contributed by atoms with Crippen molar-refractivity contribution >= 4 is 28.2 Å². The third-order valence-corrected chi connectivity index (χ3v) is 4.55. The van der Waals surface area contributed by atoms with Gasteiger partial charge in [-0.3, -0.25) is 4.79 Å². The van der Waals surface area contributed by atoms with Crippen LogP contribution in [0.4, 0.5) is 10.9 Å². The van der Waals surface area contributed by atoms with E-state index in [0.717, 1.165) is 18.1 Å². The summed E-state index contributed by atoms with van der Waals surface area (Å²) in [4.78, 5) is 21.2. The highest BCUT2D eigenvalue weighted by molar-refractivity contribution is 7.18. The Morgan fingerprint density at radius 3 is 3.10 bits per heavy atom. The molecule has 0 radical (unpaired) electrons. The number of thiazole rings is 1. The van der Waals surface area contributed by atoms with Gasteiger partial charge in [-0.2, -0.15) is 0 Å². The van der Waals surface area contributed by atoms with Crippen LogP contribution in [-0.2, 0) is 4.74 Å². The molecule has 2 rings (SSSR count). The lowest BCUT2D eigenvalue weighted by Crippen LogP contribution is -2.35. The molecule has 0 saturated carbocycles. The number of nitrogen functional groups attached to an aromatic ring is 1. The maximum Gasteiger partial charge on any atom is 0.267 e. The van der Waals surface area contributed by atoms with Crippen LogP contribution in [0, 0.1) is 0 Å². The molecule has 1 aliphatic heterocycles. The van der Waals surface area contributed by atoms with Crippen molar-refractivity contribution in [1.82, 2.24) is 9.88 Å². The molecule has 2 heterocycles. The van der Waals surface area contributed by atoms with E-state index in [1.807, 2.05) is 30.7 Å². The van der Waals surface area contributed by atoms with Gasteiger partial charge in [-0.1, -0.05) is 11.3 Å². The van der Waals surface area contributed by atoms with E-state index in [1.54, 1.807) is 0 Å². The van der Waals surface area contributed by atoms with Gasteiger partial charge in [0.05, 0.1) is 6.10 Å². The Kier molecular flexibility index (Phi) is 4.82. The largest absolute Gasteiger partial charge is 0.382 e. The zero-order chi connectivity index (χ0) is 14.7. The molecule has 1 aromatic rings. The fourth-order valence-electron chi connectivity index (χ4n) is 2.09. The summed E-state index contributed by atoms with van der Waals surface area (Å²) in [6, 6.07) is 0. The summed E-state index contributed by atoms with van der Waals surface area (Å²) in [7, 11) is 1.94. The first-order valence-corrected chi connectivity index (χ1v) is 7.72. The van der Waals surface area contributed by atoms with Crippen LogP contribution in [0.1, 0.15) is 29.9 Å². The van der Waals surface area contributed by atoms with Gasteiger partial charge in [-0.25, -0.2) is 4.98 Å². The predicted molar refractivity (Wildman–Crippen MR) is 81.4 cm³/mol. The topological polar surface area (TPSA) is 71.7 Å². The van der Waals surface area contributed by atoms with Crippen LogP contribution in [0.2, 0.25) is 0 Å². The van der Waals surface area contributed by atoms with Gasteiger partial charge in [-0.15, -0.1) is 0 Å². The third-order valence-electron chi connectivity index (χ3n) is 3.38. The second-order valence-corrected chi connectivity index (χ2v) is 5.99. The van der Waals surface area contributed by atoms with Gasteiger partial charge in [0.15, 0.2) is 5.13 Å². The van der Waals surface area contributed by atoms with Crippen LogP contribution in [0.15, 0.2) is 0 Å². The van der Waals surface area contributed by atoms with Crippen LogP contribution in [-0.4, -0.2) is 55.2 Å². The number of carbonyl (C=O) groups is 1. The van der Waals surface area contributed by atoms with E-state index in [9.17, 15) is 4.79 Å². The monoisotopic (exact) mass is 298 g/mol. The molecule has 2 N–H and O–H groups in total. The van der Waals surface area contributed by atoms with E-state index in [-0.39, 0.29) is 12.0 Å². The molecular formula is C13H22N4O2S. The van der Waals surface area contributed by atoms with Crippen molar-refractivity contribution in [3.8, 4) is 0 Å². The van der Waals surface area contributed by atoms with Gasteiger partial charge in [-0.05, 0) is 20.3 Å². The summed E-state index contributed by atoms with van der Waals surface area (Å²) in [6.45, 7) is 6.86. The number of hydrogen-bond donors (Lipinski definition) is 1. The Morgan fingerprint density at radius 1 is 1.65 bits per heavy atom. The highest BCUT2D eigenvalue weighted by atomic mass is 32.1. The molecule has 1 unspecified atom stereocenters. The summed E-state index contributed by atoms with van der Waals surface area (Å²) in [5.74, 6) is 0.293. The maximum absolute atomic E-state index is 12.6. The number of rotatable bonds is 3. The normalized spacial score (nSPS) is 19.8. The maximum atomic E-state index is 12.6. The summed E-state index contributed by atoms with van der Waals surface area (Å²) in [5, 5.41) is 0.785. The first-order valence-electron chi connectivity index (χ1n) is 6.91. The lowest BCUT2D eigenvalue weighted by molar-refractivity contribution is 0.0566. The number of nitrogens with zero attached hydrogens (tertiary/aromatic N) is 3. The summed E-state index contributed by atoms with van der Waals surface area (Å²) in [6.07, 6.45) is 0.921. The highest BCUT2D eigenvalue weighted by Gasteiger charge is 2.25. The molecule has 1 fully saturated rings. The van der Waals surface area contributed by atoms with Crippen molar-refractivity contribution < 1.29 is 9.53 Å². The average molecular weight is 298 g/mol. The van der Waals surface area contributed by atoms with Gasteiger partial charge in [0, 0.05) is 33.3 Å². The molecule has 1 atom stereocenters. The first-order chi connectivity index (χ1) is 9.52. The van der Waals surface area contributed by atoms with Crippen LogP contribution < -0.4 is 10.6 Å². The van der Waals surface area contributed by atoms with Crippen molar-refractivity contribution in [2.24, 2.45) is 0 Å². The van der Waals surface area contributed by atoms with E-state index in [4.69, 9.17) is 10.5 Å². The standard InChI is InChI=1S/C13H22N4O2S/c1-4-16(3)13-15-11(14)10(20-13)12(18)17-6-5-7-19-9(2)8-17/h9H,4-8,14H2,1-3H3. The van der Waals surface area contributed by atoms with E-state index in [0.29, 0.717) is 30.4 Å². The lowest BCUT2D eigenvalue weighted by atomic mass is 10.3. The van der Waals surface area contributed by atoms with E-state index in [2.05, 4.69) is 4.98 Å². The SMILES string of the molecule is CCN(C)c1nc(N)c(C(=O)N2CCCOC(C)C2)s1. The number of aromatic nitrogens is 1. The second kappa shape index (κ2) is 6.41. The minimum absolute atomic E-state index is 0.0342. The Morgan fingerprint density at radius 2 is 2.40 bits per heavy atom. The number of ether oxygens (including phenoxy) is 1. The number of hydrogen-bond acceptors (Lipinski definition) is 6. The second-order valence-electron chi connectivity index (χ2n) is 5.01. The fraction of sp³-hybridized carbons (Fsp3) is 0.692. The summed E-state index contributed by atoms with van der Waals surface area (Å²) in [5.41, 5.74) is 5.91. The number of nitrogens with two attached hydrogens (primary N) is 1. The van der Waals surface area contributed by atoms with Crippen LogP contribution in [0.3, 0.4) is 0 Å². The third kappa shape index (κ3) is 3.21.